The third kappa shape index (κ3) is 9.98. The van der Waals surface area contributed by atoms with E-state index in [4.69, 9.17) is 24.5 Å². The summed E-state index contributed by atoms with van der Waals surface area (Å²) in [5.74, 6) is 0.940. The minimum absolute atomic E-state index is 0.0226. The zero-order chi connectivity index (χ0) is 37.3. The van der Waals surface area contributed by atoms with Crippen LogP contribution in [-0.2, 0) is 31.2 Å². The van der Waals surface area contributed by atoms with E-state index < -0.39 is 20.0 Å². The van der Waals surface area contributed by atoms with Crippen molar-refractivity contribution in [2.24, 2.45) is 15.0 Å². The molecular formula is C38H50N6O6S2. The Morgan fingerprint density at radius 2 is 1.65 bits per heavy atom. The lowest BCUT2D eigenvalue weighted by Gasteiger charge is -2.32. The molecule has 280 valence electrons. The van der Waals surface area contributed by atoms with Crippen LogP contribution in [0.15, 0.2) is 69.6 Å². The highest BCUT2D eigenvalue weighted by atomic mass is 32.2. The predicted molar refractivity (Wildman–Crippen MR) is 212 cm³/mol. The molecule has 0 fully saturated rings. The molecule has 0 unspecified atom stereocenters. The maximum Gasteiger partial charge on any atom is 0.232 e. The zero-order valence-corrected chi connectivity index (χ0v) is 32.4. The average molecular weight is 751 g/mol. The Kier molecular flexibility index (Phi) is 13.1. The van der Waals surface area contributed by atoms with Crippen LogP contribution in [0, 0.1) is 6.92 Å². The number of methoxy groups -OCH3 is 2. The molecule has 0 spiro atoms. The smallest absolute Gasteiger partial charge is 0.232 e. The Morgan fingerprint density at radius 3 is 2.40 bits per heavy atom. The normalized spacial score (nSPS) is 15.3. The lowest BCUT2D eigenvalue weighted by atomic mass is 9.95. The van der Waals surface area contributed by atoms with Crippen molar-refractivity contribution in [3.63, 3.8) is 0 Å². The molecular weight excluding hydrogens is 701 g/mol. The first-order valence-corrected chi connectivity index (χ1v) is 21.4. The van der Waals surface area contributed by atoms with Gasteiger partial charge in [-0.3, -0.25) is 9.44 Å². The number of benzene rings is 3. The lowest BCUT2D eigenvalue weighted by Crippen LogP contribution is -2.32. The maximum absolute atomic E-state index is 13.4. The summed E-state index contributed by atoms with van der Waals surface area (Å²) in [6.45, 7) is 6.56. The molecule has 0 aliphatic carbocycles. The summed E-state index contributed by atoms with van der Waals surface area (Å²) in [6, 6.07) is 16.0. The van der Waals surface area contributed by atoms with E-state index in [2.05, 4.69) is 34.3 Å². The van der Waals surface area contributed by atoms with Crippen LogP contribution in [0.1, 0.15) is 74.1 Å². The van der Waals surface area contributed by atoms with Gasteiger partial charge in [0.2, 0.25) is 20.0 Å². The van der Waals surface area contributed by atoms with Crippen LogP contribution in [0.25, 0.3) is 0 Å². The van der Waals surface area contributed by atoms with E-state index in [1.54, 1.807) is 49.6 Å². The number of nitrogens with one attached hydrogen (secondary N) is 2. The van der Waals surface area contributed by atoms with Crippen LogP contribution >= 0.6 is 0 Å². The van der Waals surface area contributed by atoms with Gasteiger partial charge < -0.3 is 14.4 Å². The van der Waals surface area contributed by atoms with Gasteiger partial charge in [0, 0.05) is 43.1 Å². The first-order valence-electron chi connectivity index (χ1n) is 17.8. The van der Waals surface area contributed by atoms with E-state index in [0.717, 1.165) is 75.5 Å². The largest absolute Gasteiger partial charge is 0.497 e. The quantitative estimate of drug-likeness (QED) is 0.135. The number of aliphatic imine (C=N–C) groups is 3. The van der Waals surface area contributed by atoms with Crippen LogP contribution in [0.3, 0.4) is 0 Å². The van der Waals surface area contributed by atoms with Gasteiger partial charge in [-0.05, 0) is 73.7 Å². The van der Waals surface area contributed by atoms with Gasteiger partial charge >= 0.3 is 0 Å². The van der Waals surface area contributed by atoms with Crippen LogP contribution < -0.4 is 19.1 Å². The van der Waals surface area contributed by atoms with Gasteiger partial charge in [0.05, 0.1) is 42.8 Å². The summed E-state index contributed by atoms with van der Waals surface area (Å²) in [7, 11) is -4.12. The summed E-state index contributed by atoms with van der Waals surface area (Å²) in [5.41, 5.74) is 5.93. The van der Waals surface area contributed by atoms with Crippen molar-refractivity contribution in [3.8, 4) is 5.75 Å². The number of unbranched alkanes of at least 4 members (excludes halogenated alkanes) is 5. The summed E-state index contributed by atoms with van der Waals surface area (Å²) >= 11 is 0. The number of hydrogen-bond donors (Lipinski definition) is 2. The van der Waals surface area contributed by atoms with Crippen molar-refractivity contribution in [1.82, 2.24) is 0 Å². The number of fused-ring (bicyclic) bond motifs is 1. The fourth-order valence-corrected chi connectivity index (χ4v) is 8.26. The van der Waals surface area contributed by atoms with E-state index in [1.165, 1.54) is 12.7 Å². The minimum atomic E-state index is -3.73. The number of ether oxygens (including phenoxy) is 2. The molecule has 0 saturated carbocycles. The minimum Gasteiger partial charge on any atom is -0.497 e. The SMILES string of the molecule is CCCCCCCCS(=O)(=O)Nc1cc(OC)ccc1C1=NC(c2ccccc2NS(C)(=O)=O)=N/C1=N\c1ccc2c(c1C)CCCN2CCOC. The van der Waals surface area contributed by atoms with Gasteiger partial charge in [0.15, 0.2) is 11.7 Å². The lowest BCUT2D eigenvalue weighted by molar-refractivity contribution is 0.205. The number of para-hydroxylation sites is 1. The fourth-order valence-electron chi connectivity index (χ4n) is 6.49. The topological polar surface area (TPSA) is 151 Å². The fraction of sp³-hybridized carbons (Fsp3) is 0.447. The van der Waals surface area contributed by atoms with Gasteiger partial charge in [-0.25, -0.2) is 31.8 Å². The van der Waals surface area contributed by atoms with Crippen LogP contribution in [0.4, 0.5) is 22.7 Å². The van der Waals surface area contributed by atoms with E-state index in [1.807, 2.05) is 6.07 Å². The monoisotopic (exact) mass is 750 g/mol. The second kappa shape index (κ2) is 17.5. The molecule has 5 rings (SSSR count). The highest BCUT2D eigenvalue weighted by molar-refractivity contribution is 7.92. The van der Waals surface area contributed by atoms with Gasteiger partial charge in [-0.15, -0.1) is 0 Å². The second-order valence-corrected chi connectivity index (χ2v) is 16.7. The number of amidine groups is 2. The Bertz CT molecular complexity index is 2060. The standard InChI is InChI=1S/C38H50N6O6S2/c1-6-7-8-9-10-13-25-52(47,48)43-34-26-28(50-4)18-19-30(34)36-38(41-37(40-36)31-15-11-12-17-33(31)42-51(5,45)46)39-32-20-21-35-29(27(32)2)16-14-22-44(35)23-24-49-3/h11-12,15,17-21,26,42-43H,6-10,13-14,16,22-25H2,1-5H3/b39-38-. The Morgan fingerprint density at radius 1 is 0.885 bits per heavy atom. The molecule has 3 aromatic rings. The molecule has 12 nitrogen and oxygen atoms in total. The number of nitrogens with zero attached hydrogens (tertiary/aromatic N) is 4. The summed E-state index contributed by atoms with van der Waals surface area (Å²) in [4.78, 5) is 17.2. The first-order chi connectivity index (χ1) is 24.9. The molecule has 52 heavy (non-hydrogen) atoms. The van der Waals surface area contributed by atoms with E-state index in [-0.39, 0.29) is 23.1 Å². The highest BCUT2D eigenvalue weighted by Gasteiger charge is 2.28. The number of anilines is 3. The molecule has 0 amide bonds. The molecule has 2 aliphatic heterocycles. The molecule has 2 N–H and O–H groups in total. The van der Waals surface area contributed by atoms with Crippen molar-refractivity contribution >= 4 is 60.2 Å². The van der Waals surface area contributed by atoms with Crippen molar-refractivity contribution in [1.29, 1.82) is 0 Å². The van der Waals surface area contributed by atoms with Crippen molar-refractivity contribution < 1.29 is 26.3 Å². The number of rotatable bonds is 18. The van der Waals surface area contributed by atoms with Crippen molar-refractivity contribution in [3.05, 3.63) is 76.9 Å². The Balaban J connectivity index is 1.59. The third-order valence-corrected chi connectivity index (χ3v) is 11.1. The summed E-state index contributed by atoms with van der Waals surface area (Å²) < 4.78 is 67.6. The molecule has 0 atom stereocenters. The second-order valence-electron chi connectivity index (χ2n) is 13.1. The van der Waals surface area contributed by atoms with Crippen LogP contribution in [-0.4, -0.2) is 80.1 Å². The van der Waals surface area contributed by atoms with Crippen molar-refractivity contribution in [2.75, 3.05) is 60.3 Å². The molecule has 0 saturated heterocycles. The molecule has 3 aromatic carbocycles. The molecule has 0 bridgehead atoms. The first kappa shape index (κ1) is 38.9. The van der Waals surface area contributed by atoms with E-state index in [9.17, 15) is 16.8 Å². The van der Waals surface area contributed by atoms with Gasteiger partial charge in [0.1, 0.15) is 11.5 Å². The Hall–Kier alpha value is -4.27. The molecule has 0 aromatic heterocycles. The van der Waals surface area contributed by atoms with E-state index >= 15 is 0 Å². The Labute approximate surface area is 308 Å². The summed E-state index contributed by atoms with van der Waals surface area (Å²) in [5, 5.41) is 0. The van der Waals surface area contributed by atoms with E-state index in [0.29, 0.717) is 47.0 Å². The maximum atomic E-state index is 13.4. The van der Waals surface area contributed by atoms with Crippen LogP contribution in [0.2, 0.25) is 0 Å². The van der Waals surface area contributed by atoms with Crippen molar-refractivity contribution in [2.45, 2.75) is 65.2 Å². The van der Waals surface area contributed by atoms with Gasteiger partial charge in [-0.2, -0.15) is 0 Å². The van der Waals surface area contributed by atoms with Crippen LogP contribution in [0.5, 0.6) is 5.75 Å². The average Bonchev–Trinajstić information content (AvgIpc) is 3.52. The summed E-state index contributed by atoms with van der Waals surface area (Å²) in [6.07, 6.45) is 8.72. The van der Waals surface area contributed by atoms with Gasteiger partial charge in [-0.1, -0.05) is 51.2 Å². The van der Waals surface area contributed by atoms with Gasteiger partial charge in [0.25, 0.3) is 0 Å². The molecule has 2 aliphatic rings. The highest BCUT2D eigenvalue weighted by Crippen LogP contribution is 2.36. The number of hydrogen-bond acceptors (Lipinski definition) is 9. The predicted octanol–water partition coefficient (Wildman–Crippen LogP) is 6.86. The zero-order valence-electron chi connectivity index (χ0n) is 30.7. The molecule has 14 heteroatoms. The molecule has 2 heterocycles. The number of sulfonamides is 2. The molecule has 0 radical (unpaired) electrons. The third-order valence-electron chi connectivity index (χ3n) is 9.15.